The van der Waals surface area contributed by atoms with Crippen LogP contribution in [0.25, 0.3) is 33.3 Å². The summed E-state index contributed by atoms with van der Waals surface area (Å²) in [7, 11) is 0. The fraction of sp³-hybridized carbons (Fsp3) is 0.348. The summed E-state index contributed by atoms with van der Waals surface area (Å²) in [5.41, 5.74) is 9.64. The van der Waals surface area contributed by atoms with Gasteiger partial charge in [-0.05, 0) is 32.4 Å². The van der Waals surface area contributed by atoms with Crippen molar-refractivity contribution >= 4 is 27.7 Å². The highest BCUT2D eigenvalue weighted by Gasteiger charge is 2.31. The normalized spacial score (nSPS) is 16.7. The smallest absolute Gasteiger partial charge is 0.292 e. The Labute approximate surface area is 183 Å². The summed E-state index contributed by atoms with van der Waals surface area (Å²) in [6.07, 6.45) is 0.839. The van der Waals surface area contributed by atoms with Crippen molar-refractivity contribution in [3.05, 3.63) is 39.7 Å². The topological polar surface area (TPSA) is 126 Å². The van der Waals surface area contributed by atoms with Gasteiger partial charge in [-0.2, -0.15) is 10.2 Å². The summed E-state index contributed by atoms with van der Waals surface area (Å²) in [4.78, 5) is 14.7. The molecule has 5 rings (SSSR count). The zero-order chi connectivity index (χ0) is 22.4. The van der Waals surface area contributed by atoms with Gasteiger partial charge in [0.15, 0.2) is 17.1 Å². The number of anilines is 1. The Morgan fingerprint density at radius 2 is 2.19 bits per heavy atom. The van der Waals surface area contributed by atoms with E-state index in [2.05, 4.69) is 38.1 Å². The van der Waals surface area contributed by atoms with Crippen LogP contribution in [0.3, 0.4) is 0 Å². The highest BCUT2D eigenvalue weighted by molar-refractivity contribution is 6.01. The fourth-order valence-electron chi connectivity index (χ4n) is 4.48. The van der Waals surface area contributed by atoms with E-state index in [1.165, 1.54) is 0 Å². The van der Waals surface area contributed by atoms with E-state index < -0.39 is 0 Å². The molecule has 32 heavy (non-hydrogen) atoms. The number of fused-ring (bicyclic) bond motifs is 2. The number of hydrogen-bond donors (Lipinski definition) is 3. The number of aliphatic hydroxyl groups excluding tert-OH is 1. The molecule has 1 aliphatic heterocycles. The number of nitrogens with one attached hydrogen (secondary N) is 1. The molecule has 0 amide bonds. The van der Waals surface area contributed by atoms with Crippen molar-refractivity contribution in [2.45, 2.75) is 26.3 Å². The third-order valence-electron chi connectivity index (χ3n) is 6.07. The lowest BCUT2D eigenvalue weighted by molar-refractivity contribution is 0.346. The molecule has 1 saturated heterocycles. The first kappa shape index (κ1) is 20.3. The number of hydrogen-bond acceptors (Lipinski definition) is 7. The van der Waals surface area contributed by atoms with E-state index in [4.69, 9.17) is 15.3 Å². The minimum atomic E-state index is -0.387. The number of nitrogens with zero attached hydrogens (tertiary/aromatic N) is 4. The summed E-state index contributed by atoms with van der Waals surface area (Å²) in [6, 6.07) is 6.07. The van der Waals surface area contributed by atoms with E-state index in [9.17, 15) is 4.79 Å². The Morgan fingerprint density at radius 3 is 3.00 bits per heavy atom. The van der Waals surface area contributed by atoms with E-state index in [0.717, 1.165) is 35.1 Å². The quantitative estimate of drug-likeness (QED) is 0.423. The summed E-state index contributed by atoms with van der Waals surface area (Å²) < 4.78 is 8.16. The SMILES string of the molecule is Cc1ccc2oc(-c3c4c(N)n[nH]c(=O)c4nn3C3CCN(CC#CCO)C3)c(C)c2c1. The number of likely N-dealkylation sites (tertiary alicyclic amines) is 1. The van der Waals surface area contributed by atoms with Crippen LogP contribution >= 0.6 is 0 Å². The van der Waals surface area contributed by atoms with Crippen LogP contribution in [-0.4, -0.2) is 56.2 Å². The van der Waals surface area contributed by atoms with E-state index in [-0.39, 0.29) is 29.5 Å². The van der Waals surface area contributed by atoms with Gasteiger partial charge in [0.25, 0.3) is 5.56 Å². The Bertz CT molecular complexity index is 1450. The molecule has 4 aromatic rings. The molecule has 0 spiro atoms. The van der Waals surface area contributed by atoms with Crippen LogP contribution in [-0.2, 0) is 0 Å². The largest absolute Gasteiger partial charge is 0.454 e. The van der Waals surface area contributed by atoms with Crippen molar-refractivity contribution in [1.82, 2.24) is 24.9 Å². The molecule has 1 unspecified atom stereocenters. The lowest BCUT2D eigenvalue weighted by Gasteiger charge is -2.15. The van der Waals surface area contributed by atoms with Crippen molar-refractivity contribution in [1.29, 1.82) is 0 Å². The first-order valence-electron chi connectivity index (χ1n) is 10.5. The second kappa shape index (κ2) is 7.82. The van der Waals surface area contributed by atoms with Crippen LogP contribution in [0.5, 0.6) is 0 Å². The number of furan rings is 1. The first-order chi connectivity index (χ1) is 15.5. The Hall–Kier alpha value is -3.61. The van der Waals surface area contributed by atoms with Gasteiger partial charge in [0.2, 0.25) is 0 Å². The summed E-state index contributed by atoms with van der Waals surface area (Å²) in [6.45, 7) is 6.02. The standard InChI is InChI=1S/C23H24N6O3/c1-13-5-6-17-16(11-13)14(2)21(32-17)20-18-19(23(31)26-25-22(18)24)27-29(20)15-7-9-28(12-15)8-3-4-10-30/h5-6,11,15,30H,7-10,12H2,1-2H3,(H2,24,25)(H,26,31). The molecular weight excluding hydrogens is 408 g/mol. The molecule has 1 atom stereocenters. The number of aromatic nitrogens is 4. The van der Waals surface area contributed by atoms with E-state index in [1.807, 2.05) is 30.7 Å². The van der Waals surface area contributed by atoms with E-state index >= 15 is 0 Å². The minimum absolute atomic E-state index is 0.0153. The maximum Gasteiger partial charge on any atom is 0.292 e. The van der Waals surface area contributed by atoms with Gasteiger partial charge in [0.1, 0.15) is 17.9 Å². The Kier molecular flexibility index (Phi) is 4.96. The molecule has 164 valence electrons. The molecule has 3 aromatic heterocycles. The van der Waals surface area contributed by atoms with Crippen LogP contribution in [0.2, 0.25) is 0 Å². The molecule has 9 heteroatoms. The van der Waals surface area contributed by atoms with E-state index in [0.29, 0.717) is 29.9 Å². The molecule has 0 aliphatic carbocycles. The van der Waals surface area contributed by atoms with Gasteiger partial charge in [0.05, 0.1) is 18.0 Å². The van der Waals surface area contributed by atoms with Gasteiger partial charge in [-0.3, -0.25) is 14.4 Å². The molecule has 4 heterocycles. The van der Waals surface area contributed by atoms with Crippen molar-refractivity contribution in [2.24, 2.45) is 0 Å². The summed E-state index contributed by atoms with van der Waals surface area (Å²) >= 11 is 0. The second-order valence-corrected chi connectivity index (χ2v) is 8.20. The van der Waals surface area contributed by atoms with E-state index in [1.54, 1.807) is 0 Å². The van der Waals surface area contributed by atoms with Gasteiger partial charge in [0, 0.05) is 24.0 Å². The number of rotatable bonds is 3. The molecule has 0 bridgehead atoms. The van der Waals surface area contributed by atoms with Gasteiger partial charge in [-0.15, -0.1) is 0 Å². The number of aromatic amines is 1. The molecule has 0 radical (unpaired) electrons. The third-order valence-corrected chi connectivity index (χ3v) is 6.07. The third kappa shape index (κ3) is 3.25. The van der Waals surface area contributed by atoms with Crippen molar-refractivity contribution in [3.8, 4) is 23.3 Å². The second-order valence-electron chi connectivity index (χ2n) is 8.20. The number of nitrogens with two attached hydrogens (primary N) is 1. The first-order valence-corrected chi connectivity index (χ1v) is 10.5. The minimum Gasteiger partial charge on any atom is -0.454 e. The molecule has 1 aliphatic rings. The predicted octanol–water partition coefficient (Wildman–Crippen LogP) is 1.97. The van der Waals surface area contributed by atoms with Crippen molar-refractivity contribution in [2.75, 3.05) is 32.0 Å². The molecule has 0 saturated carbocycles. The highest BCUT2D eigenvalue weighted by atomic mass is 16.3. The van der Waals surface area contributed by atoms with Gasteiger partial charge in [-0.1, -0.05) is 23.5 Å². The summed E-state index contributed by atoms with van der Waals surface area (Å²) in [5, 5.41) is 21.5. The van der Waals surface area contributed by atoms with Gasteiger partial charge < -0.3 is 15.3 Å². The van der Waals surface area contributed by atoms with Crippen molar-refractivity contribution < 1.29 is 9.52 Å². The Balaban J connectivity index is 1.69. The monoisotopic (exact) mass is 432 g/mol. The number of H-pyrrole nitrogens is 1. The number of benzene rings is 1. The zero-order valence-corrected chi connectivity index (χ0v) is 18.0. The molecular formula is C23H24N6O3. The predicted molar refractivity (Wildman–Crippen MR) is 122 cm³/mol. The zero-order valence-electron chi connectivity index (χ0n) is 18.0. The van der Waals surface area contributed by atoms with Crippen molar-refractivity contribution in [3.63, 3.8) is 0 Å². The average Bonchev–Trinajstić information content (AvgIpc) is 3.47. The van der Waals surface area contributed by atoms with Crippen LogP contribution in [0.15, 0.2) is 27.4 Å². The van der Waals surface area contributed by atoms with Gasteiger partial charge >= 0.3 is 0 Å². The number of nitrogen functional groups attached to an aromatic ring is 1. The lowest BCUT2D eigenvalue weighted by Crippen LogP contribution is -2.22. The highest BCUT2D eigenvalue weighted by Crippen LogP contribution is 2.40. The number of aliphatic hydroxyl groups is 1. The fourth-order valence-corrected chi connectivity index (χ4v) is 4.48. The van der Waals surface area contributed by atoms with Crippen LogP contribution in [0.1, 0.15) is 23.6 Å². The summed E-state index contributed by atoms with van der Waals surface area (Å²) in [5.74, 6) is 6.50. The van der Waals surface area contributed by atoms with Crippen LogP contribution in [0.4, 0.5) is 5.82 Å². The molecule has 4 N–H and O–H groups in total. The Morgan fingerprint density at radius 1 is 1.34 bits per heavy atom. The number of aryl methyl sites for hydroxylation is 2. The van der Waals surface area contributed by atoms with Gasteiger partial charge in [-0.25, -0.2) is 5.10 Å². The molecule has 1 fully saturated rings. The lowest BCUT2D eigenvalue weighted by atomic mass is 10.1. The maximum absolute atomic E-state index is 12.6. The molecule has 9 nitrogen and oxygen atoms in total. The average molecular weight is 432 g/mol. The molecule has 1 aromatic carbocycles. The van der Waals surface area contributed by atoms with Crippen LogP contribution in [0, 0.1) is 25.7 Å². The van der Waals surface area contributed by atoms with Crippen LogP contribution < -0.4 is 11.3 Å². The maximum atomic E-state index is 12.6.